The van der Waals surface area contributed by atoms with Gasteiger partial charge < -0.3 is 10.6 Å². The molecule has 0 unspecified atom stereocenters. The van der Waals surface area contributed by atoms with E-state index in [-0.39, 0.29) is 17.7 Å². The van der Waals surface area contributed by atoms with Crippen molar-refractivity contribution >= 4 is 17.5 Å². The Labute approximate surface area is 146 Å². The number of imidazole rings is 1. The molecule has 4 heterocycles. The van der Waals surface area contributed by atoms with Crippen LogP contribution in [0.2, 0.25) is 0 Å². The van der Waals surface area contributed by atoms with E-state index in [1.54, 1.807) is 0 Å². The number of aryl methyl sites for hydroxylation is 1. The summed E-state index contributed by atoms with van der Waals surface area (Å²) in [5.41, 5.74) is 7.61. The van der Waals surface area contributed by atoms with Crippen LogP contribution in [-0.4, -0.2) is 63.2 Å². The average molecular weight is 341 g/mol. The summed E-state index contributed by atoms with van der Waals surface area (Å²) in [6, 6.07) is 6.13. The molecule has 0 bridgehead atoms. The summed E-state index contributed by atoms with van der Waals surface area (Å²) in [5, 5.41) is 0. The molecule has 2 aliphatic heterocycles. The topological polar surface area (TPSA) is 83.9 Å². The molecule has 4 rings (SSSR count). The van der Waals surface area contributed by atoms with E-state index in [2.05, 4.69) is 9.88 Å². The van der Waals surface area contributed by atoms with Crippen LogP contribution < -0.4 is 5.73 Å². The first kappa shape index (κ1) is 16.1. The third-order valence-corrected chi connectivity index (χ3v) is 5.50. The second kappa shape index (κ2) is 6.15. The van der Waals surface area contributed by atoms with Crippen molar-refractivity contribution in [2.75, 3.05) is 26.2 Å². The normalized spacial score (nSPS) is 20.0. The number of nitrogens with zero attached hydrogens (tertiary/aromatic N) is 4. The number of piperidine rings is 1. The lowest BCUT2D eigenvalue weighted by Gasteiger charge is -2.47. The zero-order chi connectivity index (χ0) is 17.6. The summed E-state index contributed by atoms with van der Waals surface area (Å²) in [4.78, 5) is 32.9. The highest BCUT2D eigenvalue weighted by atomic mass is 16.2. The van der Waals surface area contributed by atoms with Crippen LogP contribution in [0.1, 0.15) is 29.0 Å². The third-order valence-electron chi connectivity index (χ3n) is 5.50. The highest BCUT2D eigenvalue weighted by Crippen LogP contribution is 2.25. The number of hydrogen-bond donors (Lipinski definition) is 1. The molecule has 0 atom stereocenters. The van der Waals surface area contributed by atoms with Crippen molar-refractivity contribution in [2.24, 2.45) is 11.7 Å². The molecule has 0 spiro atoms. The summed E-state index contributed by atoms with van der Waals surface area (Å²) in [5.74, 6) is -0.137. The molecule has 0 radical (unpaired) electrons. The monoisotopic (exact) mass is 341 g/mol. The van der Waals surface area contributed by atoms with Crippen LogP contribution in [-0.2, 0) is 4.79 Å². The highest BCUT2D eigenvalue weighted by Gasteiger charge is 2.38. The molecule has 2 saturated heterocycles. The zero-order valence-electron chi connectivity index (χ0n) is 14.4. The van der Waals surface area contributed by atoms with Crippen molar-refractivity contribution in [3.05, 3.63) is 35.8 Å². The maximum absolute atomic E-state index is 12.9. The molecule has 2 aliphatic rings. The minimum Gasteiger partial charge on any atom is -0.369 e. The number of primary amides is 1. The maximum atomic E-state index is 12.9. The van der Waals surface area contributed by atoms with Crippen molar-refractivity contribution < 1.29 is 9.59 Å². The second-order valence-corrected chi connectivity index (χ2v) is 7.05. The number of carbonyl (C=O) groups excluding carboxylic acids is 2. The number of amides is 2. The SMILES string of the molecule is Cc1nc2ccccn2c1C(=O)N1CC(N2CCC(C(N)=O)CC2)C1. The molecule has 132 valence electrons. The van der Waals surface area contributed by atoms with Crippen LogP contribution in [0.15, 0.2) is 24.4 Å². The van der Waals surface area contributed by atoms with Crippen LogP contribution in [0.3, 0.4) is 0 Å². The van der Waals surface area contributed by atoms with Gasteiger partial charge >= 0.3 is 0 Å². The first-order valence-electron chi connectivity index (χ1n) is 8.81. The van der Waals surface area contributed by atoms with Crippen LogP contribution in [0.25, 0.3) is 5.65 Å². The third kappa shape index (κ3) is 2.78. The molecule has 25 heavy (non-hydrogen) atoms. The fraction of sp³-hybridized carbons (Fsp3) is 0.500. The molecule has 2 fully saturated rings. The van der Waals surface area contributed by atoms with Crippen LogP contribution in [0, 0.1) is 12.8 Å². The zero-order valence-corrected chi connectivity index (χ0v) is 14.4. The van der Waals surface area contributed by atoms with Crippen molar-refractivity contribution in [3.8, 4) is 0 Å². The Morgan fingerprint density at radius 3 is 2.60 bits per heavy atom. The van der Waals surface area contributed by atoms with Gasteiger partial charge in [-0.15, -0.1) is 0 Å². The molecule has 2 amide bonds. The van der Waals surface area contributed by atoms with Gasteiger partial charge in [-0.25, -0.2) is 4.98 Å². The quantitative estimate of drug-likeness (QED) is 0.889. The van der Waals surface area contributed by atoms with Crippen molar-refractivity contribution in [1.82, 2.24) is 19.2 Å². The van der Waals surface area contributed by atoms with Gasteiger partial charge in [0.2, 0.25) is 5.91 Å². The molecule has 7 nitrogen and oxygen atoms in total. The van der Waals surface area contributed by atoms with Gasteiger partial charge in [0.25, 0.3) is 5.91 Å². The number of aromatic nitrogens is 2. The lowest BCUT2D eigenvalue weighted by atomic mass is 9.93. The first-order chi connectivity index (χ1) is 12.0. The smallest absolute Gasteiger partial charge is 0.272 e. The van der Waals surface area contributed by atoms with Gasteiger partial charge in [0.05, 0.1) is 5.69 Å². The summed E-state index contributed by atoms with van der Waals surface area (Å²) in [7, 11) is 0. The Morgan fingerprint density at radius 2 is 1.92 bits per heavy atom. The molecule has 2 N–H and O–H groups in total. The van der Waals surface area contributed by atoms with Crippen LogP contribution in [0.5, 0.6) is 0 Å². The van der Waals surface area contributed by atoms with Crippen LogP contribution in [0.4, 0.5) is 0 Å². The molecule has 0 aromatic carbocycles. The molecular weight excluding hydrogens is 318 g/mol. The van der Waals surface area contributed by atoms with E-state index in [1.165, 1.54) is 0 Å². The van der Waals surface area contributed by atoms with Gasteiger partial charge in [-0.3, -0.25) is 18.9 Å². The van der Waals surface area contributed by atoms with E-state index in [1.807, 2.05) is 40.6 Å². The average Bonchev–Trinajstić information content (AvgIpc) is 2.89. The van der Waals surface area contributed by atoms with E-state index < -0.39 is 0 Å². The van der Waals surface area contributed by atoms with Gasteiger partial charge in [-0.2, -0.15) is 0 Å². The fourth-order valence-electron chi connectivity index (χ4n) is 3.92. The van der Waals surface area contributed by atoms with E-state index in [0.29, 0.717) is 11.7 Å². The Kier molecular flexibility index (Phi) is 3.95. The first-order valence-corrected chi connectivity index (χ1v) is 8.81. The number of carbonyl (C=O) groups is 2. The number of pyridine rings is 1. The predicted molar refractivity (Wildman–Crippen MR) is 93.1 cm³/mol. The van der Waals surface area contributed by atoms with Crippen molar-refractivity contribution in [3.63, 3.8) is 0 Å². The standard InChI is InChI=1S/C18H23N5O2/c1-12-16(23-7-3-2-4-15(23)20-12)18(25)22-10-14(11-22)21-8-5-13(6-9-21)17(19)24/h2-4,7,13-14H,5-6,8-11H2,1H3,(H2,19,24). The van der Waals surface area contributed by atoms with E-state index in [9.17, 15) is 9.59 Å². The van der Waals surface area contributed by atoms with Gasteiger partial charge in [0, 0.05) is 31.2 Å². The largest absolute Gasteiger partial charge is 0.369 e. The minimum absolute atomic E-state index is 0.00914. The van der Waals surface area contributed by atoms with Gasteiger partial charge in [-0.05, 0) is 45.0 Å². The second-order valence-electron chi connectivity index (χ2n) is 7.05. The number of hydrogen-bond acceptors (Lipinski definition) is 4. The molecule has 0 saturated carbocycles. The summed E-state index contributed by atoms with van der Waals surface area (Å²) in [6.07, 6.45) is 3.53. The Balaban J connectivity index is 1.40. The van der Waals surface area contributed by atoms with E-state index in [0.717, 1.165) is 50.4 Å². The summed E-state index contributed by atoms with van der Waals surface area (Å²) < 4.78 is 1.86. The minimum atomic E-state index is -0.187. The summed E-state index contributed by atoms with van der Waals surface area (Å²) >= 11 is 0. The molecular formula is C18H23N5O2. The molecule has 2 aromatic heterocycles. The van der Waals surface area contributed by atoms with Gasteiger partial charge in [0.15, 0.2) is 0 Å². The number of likely N-dealkylation sites (tertiary alicyclic amines) is 2. The molecule has 0 aliphatic carbocycles. The van der Waals surface area contributed by atoms with Gasteiger partial charge in [0.1, 0.15) is 11.3 Å². The lowest BCUT2D eigenvalue weighted by Crippen LogP contribution is -2.62. The Bertz CT molecular complexity index is 816. The van der Waals surface area contributed by atoms with Crippen molar-refractivity contribution in [2.45, 2.75) is 25.8 Å². The highest BCUT2D eigenvalue weighted by molar-refractivity contribution is 5.95. The Morgan fingerprint density at radius 1 is 1.20 bits per heavy atom. The number of nitrogens with two attached hydrogens (primary N) is 1. The van der Waals surface area contributed by atoms with Crippen LogP contribution >= 0.6 is 0 Å². The molecule has 2 aromatic rings. The molecule has 7 heteroatoms. The van der Waals surface area contributed by atoms with E-state index >= 15 is 0 Å². The van der Waals surface area contributed by atoms with Gasteiger partial charge in [-0.1, -0.05) is 6.07 Å². The lowest BCUT2D eigenvalue weighted by molar-refractivity contribution is -0.123. The predicted octanol–water partition coefficient (Wildman–Crippen LogP) is 0.664. The van der Waals surface area contributed by atoms with Crippen molar-refractivity contribution in [1.29, 1.82) is 0 Å². The Hall–Kier alpha value is -2.41. The fourth-order valence-corrected chi connectivity index (χ4v) is 3.92. The summed E-state index contributed by atoms with van der Waals surface area (Å²) in [6.45, 7) is 5.12. The maximum Gasteiger partial charge on any atom is 0.272 e. The number of fused-ring (bicyclic) bond motifs is 1. The van der Waals surface area contributed by atoms with E-state index in [4.69, 9.17) is 5.73 Å². The number of rotatable bonds is 3.